The highest BCUT2D eigenvalue weighted by molar-refractivity contribution is 6.30. The minimum atomic E-state index is -0.551. The van der Waals surface area contributed by atoms with Gasteiger partial charge in [0.15, 0.2) is 6.79 Å². The highest BCUT2D eigenvalue weighted by atomic mass is 35.5. The Bertz CT molecular complexity index is 779. The Morgan fingerprint density at radius 3 is 2.80 bits per heavy atom. The van der Waals surface area contributed by atoms with E-state index in [1.165, 1.54) is 0 Å². The van der Waals surface area contributed by atoms with Gasteiger partial charge in [0, 0.05) is 21.7 Å². The topological polar surface area (TPSA) is 73.9 Å². The third-order valence-corrected chi connectivity index (χ3v) is 3.79. The monoisotopic (exact) mass is 361 g/mol. The molecule has 2 aromatic rings. The standard InChI is InChI=1S/C18H16ClNO5/c19-15-6-13-9-23-11-25-17(13)14(7-15)10-24-16(21)8-20-18(22)12-4-2-1-3-5-12/h1-7H,8-11H2,(H,20,22). The molecule has 0 saturated carbocycles. The van der Waals surface area contributed by atoms with Gasteiger partial charge in [0.25, 0.3) is 5.91 Å². The van der Waals surface area contributed by atoms with Crippen LogP contribution in [0.5, 0.6) is 5.75 Å². The molecule has 0 spiro atoms. The molecule has 1 heterocycles. The molecule has 0 aliphatic carbocycles. The molecule has 0 bridgehead atoms. The van der Waals surface area contributed by atoms with E-state index in [1.54, 1.807) is 36.4 Å². The zero-order chi connectivity index (χ0) is 17.6. The number of nitrogens with one attached hydrogen (secondary N) is 1. The number of carbonyl (C=O) groups is 2. The average molecular weight is 362 g/mol. The van der Waals surface area contributed by atoms with Crippen LogP contribution in [-0.2, 0) is 27.5 Å². The van der Waals surface area contributed by atoms with Gasteiger partial charge in [-0.25, -0.2) is 0 Å². The number of benzene rings is 2. The maximum atomic E-state index is 11.9. The van der Waals surface area contributed by atoms with Crippen LogP contribution in [-0.4, -0.2) is 25.2 Å². The van der Waals surface area contributed by atoms with Crippen molar-refractivity contribution in [3.8, 4) is 5.75 Å². The minimum Gasteiger partial charge on any atom is -0.467 e. The lowest BCUT2D eigenvalue weighted by Crippen LogP contribution is -2.30. The van der Waals surface area contributed by atoms with Crippen LogP contribution in [0.2, 0.25) is 5.02 Å². The number of hydrogen-bond donors (Lipinski definition) is 1. The molecule has 6 nitrogen and oxygen atoms in total. The fourth-order valence-corrected chi connectivity index (χ4v) is 2.68. The lowest BCUT2D eigenvalue weighted by molar-refractivity contribution is -0.143. The summed E-state index contributed by atoms with van der Waals surface area (Å²) in [7, 11) is 0. The van der Waals surface area contributed by atoms with Gasteiger partial charge in [0.2, 0.25) is 0 Å². The molecule has 130 valence electrons. The van der Waals surface area contributed by atoms with E-state index >= 15 is 0 Å². The maximum absolute atomic E-state index is 11.9. The molecule has 0 radical (unpaired) electrons. The van der Waals surface area contributed by atoms with E-state index in [9.17, 15) is 9.59 Å². The van der Waals surface area contributed by atoms with Crippen molar-refractivity contribution in [1.82, 2.24) is 5.32 Å². The first kappa shape index (κ1) is 17.3. The van der Waals surface area contributed by atoms with Crippen molar-refractivity contribution in [3.05, 3.63) is 64.2 Å². The van der Waals surface area contributed by atoms with E-state index in [2.05, 4.69) is 5.32 Å². The maximum Gasteiger partial charge on any atom is 0.325 e. The first-order chi connectivity index (χ1) is 12.1. The molecular weight excluding hydrogens is 346 g/mol. The fraction of sp³-hybridized carbons (Fsp3) is 0.222. The van der Waals surface area contributed by atoms with Crippen LogP contribution >= 0.6 is 11.6 Å². The zero-order valence-electron chi connectivity index (χ0n) is 13.3. The first-order valence-corrected chi connectivity index (χ1v) is 8.02. The van der Waals surface area contributed by atoms with E-state index in [0.29, 0.717) is 28.5 Å². The van der Waals surface area contributed by atoms with Gasteiger partial charge in [-0.05, 0) is 24.3 Å². The van der Waals surface area contributed by atoms with Crippen LogP contribution in [0.15, 0.2) is 42.5 Å². The number of hydrogen-bond acceptors (Lipinski definition) is 5. The third-order valence-electron chi connectivity index (χ3n) is 3.57. The van der Waals surface area contributed by atoms with Crippen molar-refractivity contribution >= 4 is 23.5 Å². The molecule has 1 aliphatic heterocycles. The second kappa shape index (κ2) is 8.00. The molecule has 1 N–H and O–H groups in total. The van der Waals surface area contributed by atoms with Crippen molar-refractivity contribution in [2.75, 3.05) is 13.3 Å². The summed E-state index contributed by atoms with van der Waals surface area (Å²) in [5.41, 5.74) is 1.95. The quantitative estimate of drug-likeness (QED) is 0.829. The molecule has 0 atom stereocenters. The van der Waals surface area contributed by atoms with Gasteiger partial charge in [-0.15, -0.1) is 0 Å². The second-order valence-electron chi connectivity index (χ2n) is 5.37. The van der Waals surface area contributed by atoms with E-state index in [1.807, 2.05) is 6.07 Å². The summed E-state index contributed by atoms with van der Waals surface area (Å²) < 4.78 is 15.9. The minimum absolute atomic E-state index is 0.00291. The Morgan fingerprint density at radius 2 is 2.00 bits per heavy atom. The molecule has 2 aromatic carbocycles. The van der Waals surface area contributed by atoms with Crippen molar-refractivity contribution in [3.63, 3.8) is 0 Å². The number of ether oxygens (including phenoxy) is 3. The average Bonchev–Trinajstić information content (AvgIpc) is 2.64. The summed E-state index contributed by atoms with van der Waals surface area (Å²) in [5.74, 6) is -0.264. The Balaban J connectivity index is 1.54. The van der Waals surface area contributed by atoms with Gasteiger partial charge in [0.1, 0.15) is 18.9 Å². The molecule has 25 heavy (non-hydrogen) atoms. The molecule has 0 unspecified atom stereocenters. The van der Waals surface area contributed by atoms with Crippen LogP contribution < -0.4 is 10.1 Å². The van der Waals surface area contributed by atoms with Crippen LogP contribution in [0.1, 0.15) is 21.5 Å². The highest BCUT2D eigenvalue weighted by Crippen LogP contribution is 2.32. The molecule has 3 rings (SSSR count). The normalized spacial score (nSPS) is 12.7. The van der Waals surface area contributed by atoms with Crippen molar-refractivity contribution in [2.45, 2.75) is 13.2 Å². The summed E-state index contributed by atoms with van der Waals surface area (Å²) in [6.07, 6.45) is 0. The van der Waals surface area contributed by atoms with Gasteiger partial charge in [-0.1, -0.05) is 29.8 Å². The van der Waals surface area contributed by atoms with E-state index in [0.717, 1.165) is 5.56 Å². The van der Waals surface area contributed by atoms with Crippen molar-refractivity contribution in [2.24, 2.45) is 0 Å². The van der Waals surface area contributed by atoms with Crippen molar-refractivity contribution < 1.29 is 23.8 Å². The first-order valence-electron chi connectivity index (χ1n) is 7.64. The summed E-state index contributed by atoms with van der Waals surface area (Å²) in [4.78, 5) is 23.8. The zero-order valence-corrected chi connectivity index (χ0v) is 14.0. The van der Waals surface area contributed by atoms with Crippen LogP contribution in [0.25, 0.3) is 0 Å². The Hall–Kier alpha value is -2.57. The SMILES string of the molecule is O=C(CNC(=O)c1ccccc1)OCc1cc(Cl)cc2c1OCOC2. The molecule has 7 heteroatoms. The van der Waals surface area contributed by atoms with Gasteiger partial charge < -0.3 is 19.5 Å². The second-order valence-corrected chi connectivity index (χ2v) is 5.81. The lowest BCUT2D eigenvalue weighted by atomic mass is 10.1. The highest BCUT2D eigenvalue weighted by Gasteiger charge is 2.18. The summed E-state index contributed by atoms with van der Waals surface area (Å²) >= 11 is 6.06. The molecular formula is C18H16ClNO5. The largest absolute Gasteiger partial charge is 0.467 e. The predicted octanol–water partition coefficient (Wildman–Crippen LogP) is 2.68. The number of halogens is 1. The molecule has 1 aliphatic rings. The number of fused-ring (bicyclic) bond motifs is 1. The van der Waals surface area contributed by atoms with E-state index in [-0.39, 0.29) is 25.9 Å². The van der Waals surface area contributed by atoms with Gasteiger partial charge in [-0.2, -0.15) is 0 Å². The van der Waals surface area contributed by atoms with Gasteiger partial charge in [0.05, 0.1) is 6.61 Å². The molecule has 1 amide bonds. The van der Waals surface area contributed by atoms with Gasteiger partial charge >= 0.3 is 5.97 Å². The van der Waals surface area contributed by atoms with Crippen molar-refractivity contribution in [1.29, 1.82) is 0 Å². The number of rotatable bonds is 5. The number of carbonyl (C=O) groups excluding carboxylic acids is 2. The summed E-state index contributed by atoms with van der Waals surface area (Å²) in [6.45, 7) is 0.316. The van der Waals surface area contributed by atoms with E-state index < -0.39 is 5.97 Å². The third kappa shape index (κ3) is 4.49. The summed E-state index contributed by atoms with van der Waals surface area (Å²) in [5, 5.41) is 3.03. The number of esters is 1. The van der Waals surface area contributed by atoms with Crippen LogP contribution in [0, 0.1) is 0 Å². The Labute approximate surface area is 149 Å². The number of amides is 1. The molecule has 0 saturated heterocycles. The Kier molecular flexibility index (Phi) is 5.53. The Morgan fingerprint density at radius 1 is 1.20 bits per heavy atom. The van der Waals surface area contributed by atoms with Crippen LogP contribution in [0.3, 0.4) is 0 Å². The predicted molar refractivity (Wildman–Crippen MR) is 90.3 cm³/mol. The lowest BCUT2D eigenvalue weighted by Gasteiger charge is -2.21. The summed E-state index contributed by atoms with van der Waals surface area (Å²) in [6, 6.07) is 12.1. The molecule has 0 fully saturated rings. The van der Waals surface area contributed by atoms with Gasteiger partial charge in [-0.3, -0.25) is 9.59 Å². The fourth-order valence-electron chi connectivity index (χ4n) is 2.42. The van der Waals surface area contributed by atoms with E-state index in [4.69, 9.17) is 25.8 Å². The smallest absolute Gasteiger partial charge is 0.325 e. The molecule has 0 aromatic heterocycles. The van der Waals surface area contributed by atoms with Crippen LogP contribution in [0.4, 0.5) is 0 Å².